The molecule has 0 aliphatic rings. The molecule has 0 atom stereocenters. The Kier molecular flexibility index (Phi) is 6.47. The summed E-state index contributed by atoms with van der Waals surface area (Å²) in [6, 6.07) is 12.9. The van der Waals surface area contributed by atoms with Gasteiger partial charge in [0.1, 0.15) is 11.5 Å². The minimum atomic E-state index is -0.370. The molecule has 0 fully saturated rings. The number of hydrogen-bond donors (Lipinski definition) is 1. The molecule has 0 saturated heterocycles. The highest BCUT2D eigenvalue weighted by atomic mass is 35.5. The molecular weight excluding hydrogens is 402 g/mol. The molecule has 1 N–H and O–H groups in total. The van der Waals surface area contributed by atoms with E-state index in [4.69, 9.17) is 21.1 Å². The molecule has 0 saturated carbocycles. The predicted molar refractivity (Wildman–Crippen MR) is 120 cm³/mol. The van der Waals surface area contributed by atoms with E-state index in [-0.39, 0.29) is 5.91 Å². The van der Waals surface area contributed by atoms with Gasteiger partial charge in [-0.2, -0.15) is 5.10 Å². The SMILES string of the molecule is COc1ccc(C(=O)N/N=C\c2cc(C)n(-c3ccc(C)c(Cl)c3)c2C)c(OC)c1. The van der Waals surface area contributed by atoms with Crippen molar-refractivity contribution in [1.82, 2.24) is 9.99 Å². The van der Waals surface area contributed by atoms with Gasteiger partial charge in [-0.3, -0.25) is 4.79 Å². The molecule has 3 rings (SSSR count). The Morgan fingerprint density at radius 1 is 1.07 bits per heavy atom. The number of hydrogen-bond acceptors (Lipinski definition) is 4. The molecule has 30 heavy (non-hydrogen) atoms. The Morgan fingerprint density at radius 3 is 2.50 bits per heavy atom. The van der Waals surface area contributed by atoms with Crippen LogP contribution in [0.2, 0.25) is 5.02 Å². The monoisotopic (exact) mass is 425 g/mol. The van der Waals surface area contributed by atoms with E-state index in [1.807, 2.05) is 45.0 Å². The van der Waals surface area contributed by atoms with Gasteiger partial charge in [0, 0.05) is 33.7 Å². The summed E-state index contributed by atoms with van der Waals surface area (Å²) in [5.41, 5.74) is 7.86. The van der Waals surface area contributed by atoms with Gasteiger partial charge in [-0.05, 0) is 56.7 Å². The average Bonchev–Trinajstić information content (AvgIpc) is 3.02. The summed E-state index contributed by atoms with van der Waals surface area (Å²) in [6.45, 7) is 5.98. The second-order valence-corrected chi connectivity index (χ2v) is 7.27. The van der Waals surface area contributed by atoms with Crippen LogP contribution in [-0.2, 0) is 0 Å². The molecule has 0 aliphatic carbocycles. The van der Waals surface area contributed by atoms with E-state index >= 15 is 0 Å². The number of carbonyl (C=O) groups is 1. The number of nitrogens with one attached hydrogen (secondary N) is 1. The van der Waals surface area contributed by atoms with Crippen LogP contribution < -0.4 is 14.9 Å². The zero-order chi connectivity index (χ0) is 21.8. The van der Waals surface area contributed by atoms with Gasteiger partial charge in [0.25, 0.3) is 5.91 Å². The van der Waals surface area contributed by atoms with Crippen molar-refractivity contribution in [2.75, 3.05) is 14.2 Å². The molecule has 156 valence electrons. The van der Waals surface area contributed by atoms with E-state index in [1.54, 1.807) is 31.5 Å². The van der Waals surface area contributed by atoms with E-state index in [1.165, 1.54) is 7.11 Å². The van der Waals surface area contributed by atoms with Gasteiger partial charge in [-0.1, -0.05) is 17.7 Å². The fraction of sp³-hybridized carbons (Fsp3) is 0.217. The zero-order valence-electron chi connectivity index (χ0n) is 17.6. The summed E-state index contributed by atoms with van der Waals surface area (Å²) >= 11 is 6.29. The minimum absolute atomic E-state index is 0.370. The third kappa shape index (κ3) is 4.33. The first-order valence-electron chi connectivity index (χ1n) is 9.36. The third-order valence-corrected chi connectivity index (χ3v) is 5.31. The van der Waals surface area contributed by atoms with Crippen LogP contribution in [0.15, 0.2) is 47.6 Å². The number of methoxy groups -OCH3 is 2. The van der Waals surface area contributed by atoms with Gasteiger partial charge in [0.15, 0.2) is 0 Å². The van der Waals surface area contributed by atoms with E-state index in [0.29, 0.717) is 17.1 Å². The third-order valence-electron chi connectivity index (χ3n) is 4.91. The van der Waals surface area contributed by atoms with Gasteiger partial charge < -0.3 is 14.0 Å². The zero-order valence-corrected chi connectivity index (χ0v) is 18.4. The number of benzene rings is 2. The lowest BCUT2D eigenvalue weighted by Crippen LogP contribution is -2.18. The summed E-state index contributed by atoms with van der Waals surface area (Å²) in [5.74, 6) is 0.650. The summed E-state index contributed by atoms with van der Waals surface area (Å²) < 4.78 is 12.5. The first-order chi connectivity index (χ1) is 14.3. The van der Waals surface area contributed by atoms with E-state index in [2.05, 4.69) is 15.1 Å². The Bertz CT molecular complexity index is 1120. The van der Waals surface area contributed by atoms with Crippen LogP contribution in [0.1, 0.15) is 32.9 Å². The highest BCUT2D eigenvalue weighted by molar-refractivity contribution is 6.31. The van der Waals surface area contributed by atoms with Crippen molar-refractivity contribution in [1.29, 1.82) is 0 Å². The first-order valence-corrected chi connectivity index (χ1v) is 9.74. The van der Waals surface area contributed by atoms with Crippen LogP contribution in [-0.4, -0.2) is 30.9 Å². The predicted octanol–water partition coefficient (Wildman–Crippen LogP) is 4.84. The normalized spacial score (nSPS) is 11.0. The molecule has 0 radical (unpaired) electrons. The van der Waals surface area contributed by atoms with Crippen LogP contribution in [0.4, 0.5) is 0 Å². The van der Waals surface area contributed by atoms with Gasteiger partial charge >= 0.3 is 0 Å². The smallest absolute Gasteiger partial charge is 0.275 e. The summed E-state index contributed by atoms with van der Waals surface area (Å²) in [7, 11) is 3.06. The van der Waals surface area contributed by atoms with Crippen LogP contribution >= 0.6 is 11.6 Å². The molecule has 0 unspecified atom stereocenters. The number of nitrogens with zero attached hydrogens (tertiary/aromatic N) is 2. The molecule has 1 heterocycles. The largest absolute Gasteiger partial charge is 0.497 e. The lowest BCUT2D eigenvalue weighted by Gasteiger charge is -2.11. The fourth-order valence-electron chi connectivity index (χ4n) is 3.24. The van der Waals surface area contributed by atoms with Crippen molar-refractivity contribution in [2.45, 2.75) is 20.8 Å². The quantitative estimate of drug-likeness (QED) is 0.454. The molecule has 0 bridgehead atoms. The summed E-state index contributed by atoms with van der Waals surface area (Å²) in [6.07, 6.45) is 1.63. The number of aryl methyl sites for hydroxylation is 2. The van der Waals surface area contributed by atoms with Crippen LogP contribution in [0.5, 0.6) is 11.5 Å². The number of hydrazone groups is 1. The topological polar surface area (TPSA) is 64.8 Å². The Labute approximate surface area is 181 Å². The van der Waals surface area contributed by atoms with Gasteiger partial charge in [0.05, 0.1) is 26.0 Å². The van der Waals surface area contributed by atoms with Crippen LogP contribution in [0, 0.1) is 20.8 Å². The van der Waals surface area contributed by atoms with Crippen molar-refractivity contribution < 1.29 is 14.3 Å². The van der Waals surface area contributed by atoms with E-state index < -0.39 is 0 Å². The standard InChI is InChI=1S/C23H24ClN3O3/c1-14-6-7-18(11-21(14)24)27-15(2)10-17(16(27)3)13-25-26-23(28)20-9-8-19(29-4)12-22(20)30-5/h6-13H,1-5H3,(H,26,28)/b25-13-. The van der Waals surface area contributed by atoms with Crippen molar-refractivity contribution in [3.8, 4) is 17.2 Å². The maximum atomic E-state index is 12.5. The second kappa shape index (κ2) is 9.05. The van der Waals surface area contributed by atoms with Crippen molar-refractivity contribution in [3.05, 3.63) is 75.6 Å². The molecule has 7 heteroatoms. The number of halogens is 1. The van der Waals surface area contributed by atoms with E-state index in [9.17, 15) is 4.79 Å². The number of rotatable bonds is 6. The molecule has 0 spiro atoms. The van der Waals surface area contributed by atoms with Crippen molar-refractivity contribution in [3.63, 3.8) is 0 Å². The molecular formula is C23H24ClN3O3. The fourth-order valence-corrected chi connectivity index (χ4v) is 3.42. The Morgan fingerprint density at radius 2 is 1.83 bits per heavy atom. The average molecular weight is 426 g/mol. The first kappa shape index (κ1) is 21.5. The van der Waals surface area contributed by atoms with Crippen LogP contribution in [0.3, 0.4) is 0 Å². The number of carbonyl (C=O) groups excluding carboxylic acids is 1. The van der Waals surface area contributed by atoms with Gasteiger partial charge in [0.2, 0.25) is 0 Å². The lowest BCUT2D eigenvalue weighted by atomic mass is 10.2. The summed E-state index contributed by atoms with van der Waals surface area (Å²) in [5, 5.41) is 4.84. The maximum absolute atomic E-state index is 12.5. The van der Waals surface area contributed by atoms with Crippen molar-refractivity contribution >= 4 is 23.7 Å². The molecule has 2 aromatic carbocycles. The molecule has 3 aromatic rings. The Hall–Kier alpha value is -3.25. The summed E-state index contributed by atoms with van der Waals surface area (Å²) in [4.78, 5) is 12.5. The highest BCUT2D eigenvalue weighted by Gasteiger charge is 2.13. The van der Waals surface area contributed by atoms with Gasteiger partial charge in [-0.15, -0.1) is 0 Å². The minimum Gasteiger partial charge on any atom is -0.497 e. The lowest BCUT2D eigenvalue weighted by molar-refractivity contribution is 0.0952. The number of ether oxygens (including phenoxy) is 2. The molecule has 1 amide bonds. The highest BCUT2D eigenvalue weighted by Crippen LogP contribution is 2.25. The number of amides is 1. The second-order valence-electron chi connectivity index (χ2n) is 6.86. The van der Waals surface area contributed by atoms with E-state index in [0.717, 1.165) is 33.2 Å². The molecule has 1 aromatic heterocycles. The maximum Gasteiger partial charge on any atom is 0.275 e. The van der Waals surface area contributed by atoms with Crippen LogP contribution in [0.25, 0.3) is 5.69 Å². The Balaban J connectivity index is 1.80. The van der Waals surface area contributed by atoms with Crippen molar-refractivity contribution in [2.24, 2.45) is 5.10 Å². The number of aromatic nitrogens is 1. The molecule has 0 aliphatic heterocycles. The molecule has 6 nitrogen and oxygen atoms in total. The van der Waals surface area contributed by atoms with Gasteiger partial charge in [-0.25, -0.2) is 5.43 Å².